The molecular weight excluding hydrogens is 1310 g/mol. The number of fused-ring (bicyclic) bond motifs is 2. The Morgan fingerprint density at radius 1 is 0.559 bits per heavy atom. The zero-order valence-electron chi connectivity index (χ0n) is 50.3. The molecule has 4 aromatic heterocycles. The molecule has 2 fully saturated rings. The molecule has 6 atom stereocenters. The van der Waals surface area contributed by atoms with Crippen LogP contribution in [-0.4, -0.2) is 107 Å². The summed E-state index contributed by atoms with van der Waals surface area (Å²) in [6, 6.07) is 33.9. The summed E-state index contributed by atoms with van der Waals surface area (Å²) in [5.41, 5.74) is 6.61. The molecule has 0 bridgehead atoms. The maximum absolute atomic E-state index is 15.5. The van der Waals surface area contributed by atoms with Crippen molar-refractivity contribution in [3.05, 3.63) is 192 Å². The van der Waals surface area contributed by atoms with Gasteiger partial charge in [-0.15, -0.1) is 0 Å². The van der Waals surface area contributed by atoms with Crippen LogP contribution in [0, 0.1) is 35.3 Å². The first-order valence-electron chi connectivity index (χ1n) is 29.3. The topological polar surface area (TPSA) is 231 Å². The molecule has 12 rings (SSSR count). The van der Waals surface area contributed by atoms with E-state index in [9.17, 15) is 41.9 Å². The molecule has 18 nitrogen and oxygen atoms in total. The van der Waals surface area contributed by atoms with Gasteiger partial charge in [0.25, 0.3) is 0 Å². The summed E-state index contributed by atoms with van der Waals surface area (Å²) >= 11 is 15.5. The number of hydrogen-bond donors (Lipinski definition) is 3. The molecule has 2 amide bonds. The van der Waals surface area contributed by atoms with E-state index in [4.69, 9.17) is 23.2 Å². The molecule has 0 spiro atoms. The Balaban J connectivity index is 0.000000169. The molecule has 0 aliphatic heterocycles. The van der Waals surface area contributed by atoms with Crippen LogP contribution >= 0.6 is 39.1 Å². The number of halogens is 7. The summed E-state index contributed by atoms with van der Waals surface area (Å²) in [7, 11) is 3.76. The van der Waals surface area contributed by atoms with Crippen molar-refractivity contribution in [1.29, 1.82) is 0 Å². The molecule has 10 aromatic rings. The molecule has 6 aromatic carbocycles. The van der Waals surface area contributed by atoms with Gasteiger partial charge in [0.15, 0.2) is 29.0 Å². The molecule has 0 radical (unpaired) electrons. The van der Waals surface area contributed by atoms with Gasteiger partial charge in [-0.3, -0.25) is 38.5 Å². The minimum atomic E-state index is -1.38. The molecule has 4 heterocycles. The predicted octanol–water partition coefficient (Wildman–Crippen LogP) is 14.6. The number of amides is 2. The highest BCUT2D eigenvalue weighted by molar-refractivity contribution is 9.09. The maximum atomic E-state index is 15.5. The maximum Gasteiger partial charge on any atom is 0.228 e. The molecule has 1 unspecified atom stereocenters. The van der Waals surface area contributed by atoms with Crippen LogP contribution < -0.4 is 20.4 Å². The summed E-state index contributed by atoms with van der Waals surface area (Å²) in [5, 5.41) is 18.6. The van der Waals surface area contributed by atoms with E-state index < -0.39 is 65.2 Å². The monoisotopic (exact) mass is 1360 g/mol. The second-order valence-electron chi connectivity index (χ2n) is 22.3. The van der Waals surface area contributed by atoms with Crippen molar-refractivity contribution in [1.82, 2.24) is 39.9 Å². The molecule has 2 saturated carbocycles. The summed E-state index contributed by atoms with van der Waals surface area (Å²) < 4.78 is 60.5. The number of Topliss-reactive ketones (excluding diaryl/α,β-unsaturated/α-hetero) is 4. The number of anilines is 6. The molecule has 0 saturated heterocycles. The fourth-order valence-corrected chi connectivity index (χ4v) is 12.4. The van der Waals surface area contributed by atoms with Gasteiger partial charge in [0.1, 0.15) is 48.7 Å². The van der Waals surface area contributed by atoms with E-state index in [1.807, 2.05) is 48.2 Å². The zero-order valence-corrected chi connectivity index (χ0v) is 53.4. The molecular formula is C68H59BrCl2F4N12O6. The first-order chi connectivity index (χ1) is 44.7. The van der Waals surface area contributed by atoms with Crippen molar-refractivity contribution in [2.45, 2.75) is 58.4 Å². The van der Waals surface area contributed by atoms with Crippen molar-refractivity contribution < 1.29 is 46.3 Å². The number of benzene rings is 6. The fraction of sp³-hybridized carbons (Fsp3) is 0.235. The van der Waals surface area contributed by atoms with Gasteiger partial charge >= 0.3 is 0 Å². The van der Waals surface area contributed by atoms with Crippen LogP contribution in [0.2, 0.25) is 10.0 Å². The Morgan fingerprint density at radius 2 is 1.00 bits per heavy atom. The highest BCUT2D eigenvalue weighted by atomic mass is 79.9. The number of nitrogens with one attached hydrogen (secondary N) is 3. The molecule has 2 aliphatic carbocycles. The van der Waals surface area contributed by atoms with Crippen LogP contribution in [0.15, 0.2) is 159 Å². The van der Waals surface area contributed by atoms with Gasteiger partial charge in [-0.2, -0.15) is 10.2 Å². The highest BCUT2D eigenvalue weighted by Crippen LogP contribution is 2.41. The van der Waals surface area contributed by atoms with Crippen LogP contribution in [0.5, 0.6) is 0 Å². The SMILES string of the molecule is CC(=O)c1n[nH]c2ccc(N(C)c3cncnc3)cc12.CC(=O)c1nn(CC(=O)[C@@H]2C[C@H](F)C[C@@H]2C(=O)Nc2cccc(-c3ccccc3Cl)c2F)c2ccc(N(C)c3cncnc3)cc12.O=C(Nc1cccc(-c2ccccc2Cl)c1F)C1C[C@@H](F)C[C@H]1C(=O)CBr. The van der Waals surface area contributed by atoms with Crippen LogP contribution in [-0.2, 0) is 25.7 Å². The first-order valence-corrected chi connectivity index (χ1v) is 31.1. The van der Waals surface area contributed by atoms with Crippen LogP contribution in [0.3, 0.4) is 0 Å². The Kier molecular flexibility index (Phi) is 20.9. The lowest BCUT2D eigenvalue weighted by Gasteiger charge is -2.19. The van der Waals surface area contributed by atoms with Gasteiger partial charge in [-0.05, 0) is 86.3 Å². The largest absolute Gasteiger partial charge is 0.342 e. The molecule has 93 heavy (non-hydrogen) atoms. The minimum absolute atomic E-state index is 0.0185. The third-order valence-corrected chi connectivity index (χ3v) is 17.6. The molecule has 3 N–H and O–H groups in total. The number of alkyl halides is 3. The van der Waals surface area contributed by atoms with Gasteiger partial charge in [0.05, 0.1) is 75.7 Å². The van der Waals surface area contributed by atoms with E-state index in [1.165, 1.54) is 43.3 Å². The van der Waals surface area contributed by atoms with Crippen LogP contribution in [0.1, 0.15) is 60.5 Å². The first kappa shape index (κ1) is 66.3. The Morgan fingerprint density at radius 3 is 1.47 bits per heavy atom. The standard InChI is InChI=1S/C34H29ClF2N6O3.C20H17BrClF2NO2.C14H13N5O/c1-19(44)33-27-14-21(42(2)22-15-38-18-39-16-22)10-11-30(27)43(41-33)17-31(45)25-12-20(36)13-26(25)34(46)40-29-9-5-7-24(32(29)37)23-6-3-4-8-28(23)35;21-10-18(26)14-8-11(23)9-15(14)20(27)25-17-7-3-5-13(19(17)24)12-4-1-2-6-16(12)22;1-9(20)14-12-5-10(3-4-13(12)17-18-14)19(2)11-6-15-8-16-7-11/h3-11,14-16,18,20,25-26H,12-13,17H2,1-2H3,(H,40,46);1-7,11,14-15H,8-10H2,(H,25,27);3-8H,1-2H3,(H,17,18)/t20-,25+,26-;11-,14+,15?;/m00./s1. The average Bonchev–Trinajstić information content (AvgIpc) is 1.70. The summed E-state index contributed by atoms with van der Waals surface area (Å²) in [6.45, 7) is 2.63. The van der Waals surface area contributed by atoms with E-state index in [-0.39, 0.29) is 83.1 Å². The lowest BCUT2D eigenvalue weighted by Crippen LogP contribution is -2.32. The van der Waals surface area contributed by atoms with E-state index in [0.29, 0.717) is 37.8 Å². The van der Waals surface area contributed by atoms with Gasteiger partial charge in [-0.1, -0.05) is 99.8 Å². The molecule has 2 aliphatic rings. The number of H-pyrrole nitrogens is 1. The van der Waals surface area contributed by atoms with Crippen LogP contribution in [0.4, 0.5) is 51.7 Å². The number of carbonyl (C=O) groups excluding carboxylic acids is 6. The van der Waals surface area contributed by atoms with Gasteiger partial charge < -0.3 is 20.4 Å². The van der Waals surface area contributed by atoms with Crippen molar-refractivity contribution in [3.63, 3.8) is 0 Å². The number of ketones is 4. The lowest BCUT2D eigenvalue weighted by molar-refractivity contribution is -0.130. The highest BCUT2D eigenvalue weighted by Gasteiger charge is 2.44. The number of hydrogen-bond acceptors (Lipinski definition) is 14. The second-order valence-corrected chi connectivity index (χ2v) is 23.7. The Hall–Kier alpha value is -9.58. The smallest absolute Gasteiger partial charge is 0.228 e. The normalized spacial score (nSPS) is 17.4. The van der Waals surface area contributed by atoms with Gasteiger partial charge in [0.2, 0.25) is 11.8 Å². The number of rotatable bonds is 17. The minimum Gasteiger partial charge on any atom is -0.342 e. The Bertz CT molecular complexity index is 4450. The molecule has 25 heteroatoms. The second kappa shape index (κ2) is 29.4. The van der Waals surface area contributed by atoms with Crippen molar-refractivity contribution in [3.8, 4) is 22.3 Å². The van der Waals surface area contributed by atoms with Gasteiger partial charge in [-0.25, -0.2) is 37.5 Å². The fourth-order valence-electron chi connectivity index (χ4n) is 11.6. The van der Waals surface area contributed by atoms with E-state index in [2.05, 4.69) is 61.8 Å². The molecule has 476 valence electrons. The summed E-state index contributed by atoms with van der Waals surface area (Å²) in [5.74, 6) is -6.99. The van der Waals surface area contributed by atoms with Crippen LogP contribution in [0.25, 0.3) is 44.1 Å². The van der Waals surface area contributed by atoms with Crippen molar-refractivity contribution in [2.75, 3.05) is 39.9 Å². The van der Waals surface area contributed by atoms with Crippen molar-refractivity contribution >= 4 is 130 Å². The van der Waals surface area contributed by atoms with Gasteiger partial charge in [0, 0.05) is 94.2 Å². The summed E-state index contributed by atoms with van der Waals surface area (Å²) in [6.07, 6.45) is 6.75. The third-order valence-electron chi connectivity index (χ3n) is 16.4. The van der Waals surface area contributed by atoms with E-state index in [0.717, 1.165) is 33.7 Å². The van der Waals surface area contributed by atoms with Crippen molar-refractivity contribution in [2.24, 2.45) is 23.7 Å². The number of aromatic amines is 1. The van der Waals surface area contributed by atoms with E-state index in [1.54, 1.807) is 110 Å². The summed E-state index contributed by atoms with van der Waals surface area (Å²) in [4.78, 5) is 95.7. The number of carbonyl (C=O) groups is 6. The zero-order chi connectivity index (χ0) is 66.2. The predicted molar refractivity (Wildman–Crippen MR) is 353 cm³/mol. The van der Waals surface area contributed by atoms with E-state index >= 15 is 4.39 Å². The number of aromatic nitrogens is 8. The quantitative estimate of drug-likeness (QED) is 0.0437. The number of nitrogens with zero attached hydrogens (tertiary/aromatic N) is 9. The average molecular weight is 1370 g/mol. The third kappa shape index (κ3) is 14.9. The Labute approximate surface area is 549 Å². The lowest BCUT2D eigenvalue weighted by atomic mass is 9.91.